The molecule has 1 aromatic carbocycles. The van der Waals surface area contributed by atoms with E-state index in [4.69, 9.17) is 5.26 Å². The minimum Gasteiger partial charge on any atom is -0.325 e. The molecule has 1 aliphatic rings. The van der Waals surface area contributed by atoms with Crippen LogP contribution in [0, 0.1) is 11.3 Å². The van der Waals surface area contributed by atoms with E-state index in [1.54, 1.807) is 18.2 Å². The average Bonchev–Trinajstić information content (AvgIpc) is 2.98. The first-order valence-corrected chi connectivity index (χ1v) is 7.40. The third kappa shape index (κ3) is 4.85. The second kappa shape index (κ2) is 7.77. The SMILES string of the molecule is CN(CCC(=O)Nc1ccccc1C#N)CC1CCCN1. The normalized spacial score (nSPS) is 17.7. The van der Waals surface area contributed by atoms with Gasteiger partial charge in [-0.25, -0.2) is 0 Å². The summed E-state index contributed by atoms with van der Waals surface area (Å²) in [7, 11) is 2.04. The maximum Gasteiger partial charge on any atom is 0.225 e. The molecule has 2 rings (SSSR count). The van der Waals surface area contributed by atoms with Crippen LogP contribution in [-0.2, 0) is 4.79 Å². The Morgan fingerprint density at radius 1 is 1.52 bits per heavy atom. The fourth-order valence-corrected chi connectivity index (χ4v) is 2.57. The van der Waals surface area contributed by atoms with Gasteiger partial charge in [0.1, 0.15) is 6.07 Å². The van der Waals surface area contributed by atoms with E-state index in [9.17, 15) is 4.79 Å². The third-order valence-electron chi connectivity index (χ3n) is 3.74. The van der Waals surface area contributed by atoms with Crippen molar-refractivity contribution in [1.29, 1.82) is 5.26 Å². The second-order valence-electron chi connectivity index (χ2n) is 5.51. The molecule has 0 radical (unpaired) electrons. The first-order valence-electron chi connectivity index (χ1n) is 7.40. The van der Waals surface area contributed by atoms with Gasteiger partial charge in [-0.05, 0) is 38.6 Å². The van der Waals surface area contributed by atoms with Crippen molar-refractivity contribution in [2.24, 2.45) is 0 Å². The first kappa shape index (κ1) is 15.5. The van der Waals surface area contributed by atoms with Gasteiger partial charge in [-0.2, -0.15) is 5.26 Å². The van der Waals surface area contributed by atoms with Gasteiger partial charge in [0.25, 0.3) is 0 Å². The standard InChI is InChI=1S/C16H22N4O/c1-20(12-14-6-4-9-18-14)10-8-16(21)19-15-7-3-2-5-13(15)11-17/h2-3,5,7,14,18H,4,6,8-10,12H2,1H3,(H,19,21). The lowest BCUT2D eigenvalue weighted by Crippen LogP contribution is -2.36. The summed E-state index contributed by atoms with van der Waals surface area (Å²) in [6, 6.07) is 9.69. The highest BCUT2D eigenvalue weighted by atomic mass is 16.1. The summed E-state index contributed by atoms with van der Waals surface area (Å²) < 4.78 is 0. The van der Waals surface area contributed by atoms with Gasteiger partial charge in [-0.15, -0.1) is 0 Å². The molecule has 5 nitrogen and oxygen atoms in total. The summed E-state index contributed by atoms with van der Waals surface area (Å²) in [5.41, 5.74) is 1.08. The Balaban J connectivity index is 1.75. The van der Waals surface area contributed by atoms with Gasteiger partial charge in [0.15, 0.2) is 0 Å². The van der Waals surface area contributed by atoms with Crippen molar-refractivity contribution in [2.75, 3.05) is 32.0 Å². The summed E-state index contributed by atoms with van der Waals surface area (Å²) in [5.74, 6) is -0.0519. The van der Waals surface area contributed by atoms with Crippen LogP contribution < -0.4 is 10.6 Å². The number of hydrogen-bond acceptors (Lipinski definition) is 4. The molecule has 1 atom stereocenters. The van der Waals surface area contributed by atoms with Crippen molar-refractivity contribution in [2.45, 2.75) is 25.3 Å². The lowest BCUT2D eigenvalue weighted by Gasteiger charge is -2.20. The Kier molecular flexibility index (Phi) is 5.73. The molecule has 1 amide bonds. The molecule has 1 aromatic rings. The van der Waals surface area contributed by atoms with Crippen molar-refractivity contribution in [3.63, 3.8) is 0 Å². The maximum absolute atomic E-state index is 12.0. The number of rotatable bonds is 6. The van der Waals surface area contributed by atoms with Crippen LogP contribution >= 0.6 is 0 Å². The van der Waals surface area contributed by atoms with Gasteiger partial charge < -0.3 is 15.5 Å². The Hall–Kier alpha value is -1.90. The molecule has 21 heavy (non-hydrogen) atoms. The predicted octanol–water partition coefficient (Wildman–Crippen LogP) is 1.57. The van der Waals surface area contributed by atoms with Crippen molar-refractivity contribution >= 4 is 11.6 Å². The Labute approximate surface area is 125 Å². The number of amides is 1. The van der Waals surface area contributed by atoms with Gasteiger partial charge in [0.05, 0.1) is 11.3 Å². The van der Waals surface area contributed by atoms with E-state index in [1.807, 2.05) is 13.1 Å². The van der Waals surface area contributed by atoms with Gasteiger partial charge in [0.2, 0.25) is 5.91 Å². The second-order valence-corrected chi connectivity index (χ2v) is 5.51. The van der Waals surface area contributed by atoms with Crippen molar-refractivity contribution < 1.29 is 4.79 Å². The van der Waals surface area contributed by atoms with Crippen LogP contribution in [0.4, 0.5) is 5.69 Å². The number of anilines is 1. The zero-order valence-electron chi connectivity index (χ0n) is 12.4. The molecule has 0 aliphatic carbocycles. The predicted molar refractivity (Wildman–Crippen MR) is 82.9 cm³/mol. The molecule has 1 heterocycles. The van der Waals surface area contributed by atoms with Crippen molar-refractivity contribution in [1.82, 2.24) is 10.2 Å². The van der Waals surface area contributed by atoms with Crippen LogP contribution in [0.1, 0.15) is 24.8 Å². The van der Waals surface area contributed by atoms with Crippen LogP contribution in [0.25, 0.3) is 0 Å². The van der Waals surface area contributed by atoms with E-state index < -0.39 is 0 Å². The van der Waals surface area contributed by atoms with Crippen LogP contribution in [-0.4, -0.2) is 43.5 Å². The zero-order chi connectivity index (χ0) is 15.1. The molecule has 0 saturated carbocycles. The van der Waals surface area contributed by atoms with E-state index >= 15 is 0 Å². The quantitative estimate of drug-likeness (QED) is 0.833. The number of benzene rings is 1. The van der Waals surface area contributed by atoms with Gasteiger partial charge in [0, 0.05) is 25.6 Å². The van der Waals surface area contributed by atoms with Crippen LogP contribution in [0.15, 0.2) is 24.3 Å². The van der Waals surface area contributed by atoms with Crippen molar-refractivity contribution in [3.8, 4) is 6.07 Å². The molecule has 2 N–H and O–H groups in total. The molecule has 5 heteroatoms. The van der Waals surface area contributed by atoms with Crippen LogP contribution in [0.3, 0.4) is 0 Å². The summed E-state index contributed by atoms with van der Waals surface area (Å²) in [6.07, 6.45) is 2.89. The highest BCUT2D eigenvalue weighted by molar-refractivity contribution is 5.92. The smallest absolute Gasteiger partial charge is 0.225 e. The number of hydrogen-bond donors (Lipinski definition) is 2. The van der Waals surface area contributed by atoms with E-state index in [2.05, 4.69) is 21.6 Å². The first-order chi connectivity index (χ1) is 10.2. The van der Waals surface area contributed by atoms with Crippen molar-refractivity contribution in [3.05, 3.63) is 29.8 Å². The van der Waals surface area contributed by atoms with Gasteiger partial charge in [-0.1, -0.05) is 12.1 Å². The monoisotopic (exact) mass is 286 g/mol. The van der Waals surface area contributed by atoms with Crippen LogP contribution in [0.5, 0.6) is 0 Å². The number of nitrogens with one attached hydrogen (secondary N) is 2. The maximum atomic E-state index is 12.0. The summed E-state index contributed by atoms with van der Waals surface area (Å²) in [6.45, 7) is 2.80. The number of likely N-dealkylation sites (N-methyl/N-ethyl adjacent to an activating group) is 1. The van der Waals surface area contributed by atoms with E-state index in [-0.39, 0.29) is 5.91 Å². The molecule has 0 aromatic heterocycles. The molecular formula is C16H22N4O. The zero-order valence-corrected chi connectivity index (χ0v) is 12.4. The summed E-state index contributed by atoms with van der Waals surface area (Å²) in [4.78, 5) is 14.1. The van der Waals surface area contributed by atoms with Gasteiger partial charge in [-0.3, -0.25) is 4.79 Å². The fraction of sp³-hybridized carbons (Fsp3) is 0.500. The lowest BCUT2D eigenvalue weighted by atomic mass is 10.2. The van der Waals surface area contributed by atoms with Gasteiger partial charge >= 0.3 is 0 Å². The number of para-hydroxylation sites is 1. The van der Waals surface area contributed by atoms with E-state index in [0.717, 1.165) is 19.6 Å². The summed E-state index contributed by atoms with van der Waals surface area (Å²) >= 11 is 0. The average molecular weight is 286 g/mol. The Morgan fingerprint density at radius 2 is 2.33 bits per heavy atom. The highest BCUT2D eigenvalue weighted by Gasteiger charge is 2.16. The molecule has 1 unspecified atom stereocenters. The number of nitrogens with zero attached hydrogens (tertiary/aromatic N) is 2. The summed E-state index contributed by atoms with van der Waals surface area (Å²) in [5, 5.41) is 15.3. The number of carbonyl (C=O) groups excluding carboxylic acids is 1. The minimum absolute atomic E-state index is 0.0519. The Morgan fingerprint density at radius 3 is 3.05 bits per heavy atom. The fourth-order valence-electron chi connectivity index (χ4n) is 2.57. The van der Waals surface area contributed by atoms with E-state index in [0.29, 0.717) is 23.7 Å². The Bertz CT molecular complexity index is 517. The topological polar surface area (TPSA) is 68.2 Å². The van der Waals surface area contributed by atoms with E-state index in [1.165, 1.54) is 12.8 Å². The lowest BCUT2D eigenvalue weighted by molar-refractivity contribution is -0.116. The molecule has 1 aliphatic heterocycles. The molecule has 1 fully saturated rings. The van der Waals surface area contributed by atoms with Crippen LogP contribution in [0.2, 0.25) is 0 Å². The number of carbonyl (C=O) groups is 1. The molecule has 1 saturated heterocycles. The molecule has 0 spiro atoms. The molecular weight excluding hydrogens is 264 g/mol. The minimum atomic E-state index is -0.0519. The number of nitriles is 1. The molecule has 0 bridgehead atoms. The highest BCUT2D eigenvalue weighted by Crippen LogP contribution is 2.13. The largest absolute Gasteiger partial charge is 0.325 e. The third-order valence-corrected chi connectivity index (χ3v) is 3.74. The molecule has 112 valence electrons.